The van der Waals surface area contributed by atoms with Gasteiger partial charge in [-0.05, 0) is 110 Å². The third-order valence-corrected chi connectivity index (χ3v) is 12.6. The van der Waals surface area contributed by atoms with Crippen molar-refractivity contribution in [1.29, 1.82) is 0 Å². The molecule has 0 saturated heterocycles. The van der Waals surface area contributed by atoms with Crippen LogP contribution in [-0.2, 0) is 10.8 Å². The number of thiophene rings is 1. The van der Waals surface area contributed by atoms with Crippen LogP contribution in [0.4, 0.5) is 17.1 Å². The minimum Gasteiger partial charge on any atom is -0.310 e. The first-order valence-corrected chi connectivity index (χ1v) is 18.4. The molecule has 0 bridgehead atoms. The SMILES string of the molecule is CC1(C)c2ccccc2-c2ccc(N(c3ccc(-c4ccc5sc6ccccc6c5c4)cc3)c3ccc4c(c3)C(C)(C)c3ccccc3-4)cc21. The van der Waals surface area contributed by atoms with E-state index in [-0.39, 0.29) is 10.8 Å². The number of fused-ring (bicyclic) bond motifs is 9. The number of hydrogen-bond acceptors (Lipinski definition) is 2. The van der Waals surface area contributed by atoms with Crippen LogP contribution in [0.2, 0.25) is 0 Å². The highest BCUT2D eigenvalue weighted by Gasteiger charge is 2.37. The van der Waals surface area contributed by atoms with Gasteiger partial charge in [0.2, 0.25) is 0 Å². The fourth-order valence-corrected chi connectivity index (χ4v) is 9.90. The summed E-state index contributed by atoms with van der Waals surface area (Å²) >= 11 is 1.87. The van der Waals surface area contributed by atoms with Gasteiger partial charge in [-0.15, -0.1) is 11.3 Å². The van der Waals surface area contributed by atoms with Crippen molar-refractivity contribution in [2.24, 2.45) is 0 Å². The van der Waals surface area contributed by atoms with Gasteiger partial charge in [0.05, 0.1) is 0 Å². The van der Waals surface area contributed by atoms with Crippen LogP contribution in [-0.4, -0.2) is 0 Å². The van der Waals surface area contributed by atoms with Crippen LogP contribution < -0.4 is 4.90 Å². The molecule has 1 aromatic heterocycles. The molecule has 0 radical (unpaired) electrons. The van der Waals surface area contributed by atoms with Crippen LogP contribution in [0.1, 0.15) is 49.9 Å². The molecule has 0 N–H and O–H groups in total. The molecule has 0 amide bonds. The molecule has 2 aliphatic rings. The molecule has 2 heteroatoms. The fraction of sp³-hybridized carbons (Fsp3) is 0.125. The van der Waals surface area contributed by atoms with E-state index >= 15 is 0 Å². The van der Waals surface area contributed by atoms with E-state index in [4.69, 9.17) is 0 Å². The molecule has 2 aliphatic carbocycles. The third-order valence-electron chi connectivity index (χ3n) is 11.5. The number of benzene rings is 7. The highest BCUT2D eigenvalue weighted by Crippen LogP contribution is 2.53. The van der Waals surface area contributed by atoms with Gasteiger partial charge in [0.1, 0.15) is 0 Å². The largest absolute Gasteiger partial charge is 0.310 e. The van der Waals surface area contributed by atoms with E-state index in [1.807, 2.05) is 11.3 Å². The summed E-state index contributed by atoms with van der Waals surface area (Å²) < 4.78 is 2.67. The van der Waals surface area contributed by atoms with Gasteiger partial charge in [-0.1, -0.05) is 125 Å². The summed E-state index contributed by atoms with van der Waals surface area (Å²) in [4.78, 5) is 2.46. The predicted molar refractivity (Wildman–Crippen MR) is 215 cm³/mol. The van der Waals surface area contributed by atoms with Crippen LogP contribution in [0, 0.1) is 0 Å². The van der Waals surface area contributed by atoms with Crippen molar-refractivity contribution in [3.63, 3.8) is 0 Å². The van der Waals surface area contributed by atoms with Crippen molar-refractivity contribution in [3.05, 3.63) is 174 Å². The van der Waals surface area contributed by atoms with Crippen molar-refractivity contribution >= 4 is 48.6 Å². The first-order valence-electron chi connectivity index (χ1n) is 17.6. The van der Waals surface area contributed by atoms with Gasteiger partial charge in [-0.25, -0.2) is 0 Å². The Balaban J connectivity index is 1.12. The van der Waals surface area contributed by atoms with Gasteiger partial charge in [-0.2, -0.15) is 0 Å². The Morgan fingerprint density at radius 1 is 0.380 bits per heavy atom. The average Bonchev–Trinajstić information content (AvgIpc) is 3.71. The number of hydrogen-bond donors (Lipinski definition) is 0. The van der Waals surface area contributed by atoms with Crippen molar-refractivity contribution in [1.82, 2.24) is 0 Å². The first kappa shape index (κ1) is 29.5. The monoisotopic (exact) mass is 659 g/mol. The van der Waals surface area contributed by atoms with Gasteiger partial charge < -0.3 is 4.90 Å². The zero-order chi connectivity index (χ0) is 33.8. The minimum atomic E-state index is -0.0799. The zero-order valence-electron chi connectivity index (χ0n) is 28.8. The lowest BCUT2D eigenvalue weighted by Crippen LogP contribution is -2.18. The minimum absolute atomic E-state index is 0.0799. The van der Waals surface area contributed by atoms with Gasteiger partial charge >= 0.3 is 0 Å². The van der Waals surface area contributed by atoms with E-state index in [1.54, 1.807) is 0 Å². The van der Waals surface area contributed by atoms with Crippen molar-refractivity contribution in [2.75, 3.05) is 4.90 Å². The summed E-state index contributed by atoms with van der Waals surface area (Å²) in [6.07, 6.45) is 0. The molecule has 1 heterocycles. The molecule has 0 unspecified atom stereocenters. The second-order valence-electron chi connectivity index (χ2n) is 15.0. The maximum Gasteiger partial charge on any atom is 0.0465 e. The van der Waals surface area contributed by atoms with E-state index in [1.165, 1.54) is 87.2 Å². The number of rotatable bonds is 4. The van der Waals surface area contributed by atoms with E-state index in [0.29, 0.717) is 0 Å². The quantitative estimate of drug-likeness (QED) is 0.182. The molecule has 1 nitrogen and oxygen atoms in total. The van der Waals surface area contributed by atoms with Crippen molar-refractivity contribution in [3.8, 4) is 33.4 Å². The summed E-state index contributed by atoms with van der Waals surface area (Å²) in [5.41, 5.74) is 16.7. The Bertz CT molecular complexity index is 2550. The van der Waals surface area contributed by atoms with Gasteiger partial charge in [-0.3, -0.25) is 0 Å². The summed E-state index contributed by atoms with van der Waals surface area (Å²) in [7, 11) is 0. The number of anilines is 3. The maximum absolute atomic E-state index is 2.46. The Kier molecular flexibility index (Phi) is 6.21. The van der Waals surface area contributed by atoms with Gasteiger partial charge in [0.15, 0.2) is 0 Å². The maximum atomic E-state index is 2.46. The lowest BCUT2D eigenvalue weighted by Gasteiger charge is -2.30. The van der Waals surface area contributed by atoms with E-state index in [0.717, 1.165) is 5.69 Å². The Morgan fingerprint density at radius 3 is 1.48 bits per heavy atom. The standard InChI is InChI=1S/C48H37NS/c1-47(2)41-14-8-5-11-35(41)37-24-22-33(28-43(37)47)49(34-23-25-38-36-12-6-9-15-42(36)48(3,4)44(38)29-34)32-20-17-30(18-21-32)31-19-26-46-40(27-31)39-13-7-10-16-45(39)50-46/h5-29H,1-4H3. The average molecular weight is 660 g/mol. The lowest BCUT2D eigenvalue weighted by molar-refractivity contribution is 0.660. The van der Waals surface area contributed by atoms with E-state index < -0.39 is 0 Å². The summed E-state index contributed by atoms with van der Waals surface area (Å²) in [6.45, 7) is 9.46. The van der Waals surface area contributed by atoms with E-state index in [9.17, 15) is 0 Å². The number of nitrogens with zero attached hydrogens (tertiary/aromatic N) is 1. The molecular weight excluding hydrogens is 623 g/mol. The van der Waals surface area contributed by atoms with Gasteiger partial charge in [0.25, 0.3) is 0 Å². The summed E-state index contributed by atoms with van der Waals surface area (Å²) in [5, 5.41) is 2.66. The molecule has 0 saturated carbocycles. The highest BCUT2D eigenvalue weighted by molar-refractivity contribution is 7.25. The molecule has 8 aromatic rings. The lowest BCUT2D eigenvalue weighted by atomic mass is 9.82. The normalized spacial score (nSPS) is 14.7. The van der Waals surface area contributed by atoms with Crippen LogP contribution in [0.25, 0.3) is 53.6 Å². The predicted octanol–water partition coefficient (Wildman–Crippen LogP) is 13.8. The third kappa shape index (κ3) is 4.18. The topological polar surface area (TPSA) is 3.24 Å². The molecular formula is C48H37NS. The molecule has 50 heavy (non-hydrogen) atoms. The van der Waals surface area contributed by atoms with Gasteiger partial charge in [0, 0.05) is 48.1 Å². The molecule has 0 spiro atoms. The van der Waals surface area contributed by atoms with E-state index in [2.05, 4.69) is 184 Å². The zero-order valence-corrected chi connectivity index (χ0v) is 29.6. The molecule has 10 rings (SSSR count). The second-order valence-corrected chi connectivity index (χ2v) is 16.1. The Morgan fingerprint density at radius 2 is 0.860 bits per heavy atom. The Labute approximate surface area is 298 Å². The fourth-order valence-electron chi connectivity index (χ4n) is 8.82. The highest BCUT2D eigenvalue weighted by atomic mass is 32.1. The van der Waals surface area contributed by atoms with Crippen LogP contribution in [0.15, 0.2) is 152 Å². The summed E-state index contributed by atoms with van der Waals surface area (Å²) in [6, 6.07) is 56.8. The molecule has 0 atom stereocenters. The molecule has 0 fully saturated rings. The molecule has 240 valence electrons. The van der Waals surface area contributed by atoms with Crippen molar-refractivity contribution in [2.45, 2.75) is 38.5 Å². The smallest absolute Gasteiger partial charge is 0.0465 e. The first-order chi connectivity index (χ1) is 24.3. The van der Waals surface area contributed by atoms with Crippen molar-refractivity contribution < 1.29 is 0 Å². The molecule has 7 aromatic carbocycles. The van der Waals surface area contributed by atoms with Crippen LogP contribution in [0.5, 0.6) is 0 Å². The second kappa shape index (κ2) is 10.5. The summed E-state index contributed by atoms with van der Waals surface area (Å²) in [5.74, 6) is 0. The van der Waals surface area contributed by atoms with Crippen LogP contribution >= 0.6 is 11.3 Å². The Hall–Kier alpha value is -5.44. The van der Waals surface area contributed by atoms with Crippen LogP contribution in [0.3, 0.4) is 0 Å². The molecule has 0 aliphatic heterocycles.